The quantitative estimate of drug-likeness (QED) is 0.312. The third kappa shape index (κ3) is 4.39. The number of likely N-dealkylation sites (tertiary alicyclic amines) is 1. The molecule has 8 nitrogen and oxygen atoms in total. The number of nitrogens with zero attached hydrogens (tertiary/aromatic N) is 3. The Morgan fingerprint density at radius 2 is 1.76 bits per heavy atom. The summed E-state index contributed by atoms with van der Waals surface area (Å²) in [5.41, 5.74) is 2.21. The molecule has 0 bridgehead atoms. The Morgan fingerprint density at radius 1 is 1.03 bits per heavy atom. The molecule has 1 fully saturated rings. The number of aliphatic hydroxyl groups is 1. The first-order valence-electron chi connectivity index (χ1n) is 11.0. The van der Waals surface area contributed by atoms with Gasteiger partial charge in [-0.3, -0.25) is 9.59 Å². The molecule has 4 rings (SSSR count). The number of methoxy groups -OCH3 is 2. The summed E-state index contributed by atoms with van der Waals surface area (Å²) in [5, 5.41) is 11.2. The van der Waals surface area contributed by atoms with E-state index < -0.39 is 17.7 Å². The second kappa shape index (κ2) is 9.82. The number of amides is 1. The van der Waals surface area contributed by atoms with Crippen molar-refractivity contribution in [2.24, 2.45) is 0 Å². The molecular weight excluding hydrogens is 434 g/mol. The van der Waals surface area contributed by atoms with E-state index in [1.54, 1.807) is 42.9 Å². The van der Waals surface area contributed by atoms with E-state index in [2.05, 4.69) is 4.98 Å². The number of rotatable bonds is 8. The average molecular weight is 462 g/mol. The summed E-state index contributed by atoms with van der Waals surface area (Å²) < 4.78 is 12.7. The molecule has 2 aromatic carbocycles. The number of benzene rings is 2. The molecule has 1 N–H and O–H groups in total. The fourth-order valence-electron chi connectivity index (χ4n) is 4.19. The summed E-state index contributed by atoms with van der Waals surface area (Å²) in [4.78, 5) is 31.8. The smallest absolute Gasteiger partial charge is 0.295 e. The van der Waals surface area contributed by atoms with Gasteiger partial charge in [0, 0.05) is 31.0 Å². The normalized spacial score (nSPS) is 17.3. The Bertz CT molecular complexity index is 1220. The predicted molar refractivity (Wildman–Crippen MR) is 127 cm³/mol. The molecule has 1 aromatic heterocycles. The Balaban J connectivity index is 1.77. The van der Waals surface area contributed by atoms with E-state index in [4.69, 9.17) is 9.47 Å². The number of hydrogen-bond donors (Lipinski definition) is 1. The number of aryl methyl sites for hydroxylation is 2. The maximum absolute atomic E-state index is 13.2. The molecule has 3 aromatic rings. The van der Waals surface area contributed by atoms with Gasteiger partial charge in [-0.15, -0.1) is 0 Å². The third-order valence-corrected chi connectivity index (χ3v) is 5.96. The second-order valence-corrected chi connectivity index (χ2v) is 8.13. The van der Waals surface area contributed by atoms with E-state index in [1.165, 1.54) is 19.1 Å². The number of ether oxygens (including phenoxy) is 2. The van der Waals surface area contributed by atoms with Crippen LogP contribution in [-0.2, 0) is 16.1 Å². The second-order valence-electron chi connectivity index (χ2n) is 8.13. The molecule has 0 aliphatic carbocycles. The zero-order valence-electron chi connectivity index (χ0n) is 19.4. The van der Waals surface area contributed by atoms with Crippen molar-refractivity contribution in [1.29, 1.82) is 0 Å². The van der Waals surface area contributed by atoms with Gasteiger partial charge in [0.2, 0.25) is 0 Å². The Morgan fingerprint density at radius 3 is 2.41 bits per heavy atom. The van der Waals surface area contributed by atoms with Crippen LogP contribution in [0.1, 0.15) is 29.2 Å². The maximum atomic E-state index is 13.2. The highest BCUT2D eigenvalue weighted by atomic mass is 16.5. The van der Waals surface area contributed by atoms with Crippen LogP contribution >= 0.6 is 0 Å². The minimum Gasteiger partial charge on any atom is -0.507 e. The summed E-state index contributed by atoms with van der Waals surface area (Å²) in [6.45, 7) is 2.90. The van der Waals surface area contributed by atoms with Gasteiger partial charge in [-0.05, 0) is 31.0 Å². The van der Waals surface area contributed by atoms with Gasteiger partial charge in [0.15, 0.2) is 11.5 Å². The number of ketones is 1. The molecule has 34 heavy (non-hydrogen) atoms. The zero-order valence-corrected chi connectivity index (χ0v) is 19.4. The van der Waals surface area contributed by atoms with Crippen molar-refractivity contribution < 1.29 is 24.2 Å². The van der Waals surface area contributed by atoms with Crippen LogP contribution in [0.5, 0.6) is 11.5 Å². The monoisotopic (exact) mass is 461 g/mol. The Labute approximate surface area is 198 Å². The SMILES string of the molecule is COc1ccc([C@H]2C(=C(O)c3ccc(C)cc3)C(=O)C(=O)N2CCCn2ccnc2)cc1OC. The molecule has 1 saturated heterocycles. The summed E-state index contributed by atoms with van der Waals surface area (Å²) >= 11 is 0. The number of carbonyl (C=O) groups is 2. The van der Waals surface area contributed by atoms with Crippen LogP contribution < -0.4 is 9.47 Å². The van der Waals surface area contributed by atoms with Gasteiger partial charge < -0.3 is 24.0 Å². The molecular formula is C26H27N3O5. The molecule has 1 aliphatic heterocycles. The van der Waals surface area contributed by atoms with Crippen molar-refractivity contribution in [2.75, 3.05) is 20.8 Å². The minimum absolute atomic E-state index is 0.0590. The highest BCUT2D eigenvalue weighted by molar-refractivity contribution is 6.46. The van der Waals surface area contributed by atoms with Gasteiger partial charge in [0.05, 0.1) is 32.2 Å². The summed E-state index contributed by atoms with van der Waals surface area (Å²) in [6, 6.07) is 11.7. The number of imidazole rings is 1. The van der Waals surface area contributed by atoms with Crippen LogP contribution in [0, 0.1) is 6.92 Å². The van der Waals surface area contributed by atoms with Crippen LogP contribution in [0.2, 0.25) is 0 Å². The molecule has 1 amide bonds. The van der Waals surface area contributed by atoms with Gasteiger partial charge in [-0.25, -0.2) is 4.98 Å². The van der Waals surface area contributed by atoms with Crippen LogP contribution in [0.15, 0.2) is 66.8 Å². The molecule has 1 aliphatic rings. The molecule has 2 heterocycles. The van der Waals surface area contributed by atoms with Crippen LogP contribution in [0.4, 0.5) is 0 Å². The van der Waals surface area contributed by atoms with Gasteiger partial charge in [-0.2, -0.15) is 0 Å². The Kier molecular flexibility index (Phi) is 6.67. The molecule has 0 radical (unpaired) electrons. The number of aliphatic hydroxyl groups excluding tert-OH is 1. The molecule has 1 atom stereocenters. The molecule has 0 spiro atoms. The van der Waals surface area contributed by atoms with Crippen LogP contribution in [0.25, 0.3) is 5.76 Å². The standard InChI is InChI=1S/C26H27N3O5/c1-17-5-7-18(8-6-17)24(30)22-23(19-9-10-20(33-2)21(15-19)34-3)29(26(32)25(22)31)13-4-12-28-14-11-27-16-28/h5-11,14-16,23,30H,4,12-13H2,1-3H3/t23-/m0/s1. The van der Waals surface area contributed by atoms with Crippen molar-refractivity contribution in [3.63, 3.8) is 0 Å². The van der Waals surface area contributed by atoms with E-state index in [9.17, 15) is 14.7 Å². The summed E-state index contributed by atoms with van der Waals surface area (Å²) in [6.07, 6.45) is 5.85. The molecule has 0 unspecified atom stereocenters. The summed E-state index contributed by atoms with van der Waals surface area (Å²) in [7, 11) is 3.06. The molecule has 176 valence electrons. The lowest BCUT2D eigenvalue weighted by Crippen LogP contribution is -2.31. The van der Waals surface area contributed by atoms with Gasteiger partial charge in [0.25, 0.3) is 11.7 Å². The lowest BCUT2D eigenvalue weighted by molar-refractivity contribution is -0.139. The molecule has 8 heteroatoms. The van der Waals surface area contributed by atoms with Crippen molar-refractivity contribution in [1.82, 2.24) is 14.5 Å². The van der Waals surface area contributed by atoms with Crippen LogP contribution in [0.3, 0.4) is 0 Å². The highest BCUT2D eigenvalue weighted by Crippen LogP contribution is 2.42. The fraction of sp³-hybridized carbons (Fsp3) is 0.269. The zero-order chi connectivity index (χ0) is 24.2. The number of aromatic nitrogens is 2. The lowest BCUT2D eigenvalue weighted by Gasteiger charge is -2.26. The third-order valence-electron chi connectivity index (χ3n) is 5.96. The first-order chi connectivity index (χ1) is 16.4. The van der Waals surface area contributed by atoms with E-state index in [0.717, 1.165) is 5.56 Å². The van der Waals surface area contributed by atoms with Crippen molar-refractivity contribution in [3.8, 4) is 11.5 Å². The lowest BCUT2D eigenvalue weighted by atomic mass is 9.94. The fourth-order valence-corrected chi connectivity index (χ4v) is 4.19. The van der Waals surface area contributed by atoms with E-state index in [-0.39, 0.29) is 11.3 Å². The first-order valence-corrected chi connectivity index (χ1v) is 11.0. The largest absolute Gasteiger partial charge is 0.507 e. The summed E-state index contributed by atoms with van der Waals surface area (Å²) in [5.74, 6) is -0.545. The van der Waals surface area contributed by atoms with Crippen LogP contribution in [-0.4, -0.2) is 52.0 Å². The van der Waals surface area contributed by atoms with Gasteiger partial charge in [-0.1, -0.05) is 35.9 Å². The van der Waals surface area contributed by atoms with E-state index in [1.807, 2.05) is 29.8 Å². The van der Waals surface area contributed by atoms with Crippen molar-refractivity contribution in [3.05, 3.63) is 83.4 Å². The number of hydrogen-bond acceptors (Lipinski definition) is 6. The predicted octanol–water partition coefficient (Wildman–Crippen LogP) is 3.72. The van der Waals surface area contributed by atoms with Gasteiger partial charge in [0.1, 0.15) is 5.76 Å². The minimum atomic E-state index is -0.760. The number of carbonyl (C=O) groups excluding carboxylic acids is 2. The Hall–Kier alpha value is -4.07. The average Bonchev–Trinajstić information content (AvgIpc) is 3.46. The van der Waals surface area contributed by atoms with Gasteiger partial charge >= 0.3 is 0 Å². The molecule has 0 saturated carbocycles. The van der Waals surface area contributed by atoms with Crippen molar-refractivity contribution in [2.45, 2.75) is 25.9 Å². The first kappa shape index (κ1) is 23.1. The number of Topliss-reactive ketones (excluding diaryl/α,β-unsaturated/α-hetero) is 1. The van der Waals surface area contributed by atoms with E-state index >= 15 is 0 Å². The maximum Gasteiger partial charge on any atom is 0.295 e. The topological polar surface area (TPSA) is 93.9 Å². The van der Waals surface area contributed by atoms with E-state index in [0.29, 0.717) is 42.1 Å². The van der Waals surface area contributed by atoms with Crippen molar-refractivity contribution >= 4 is 17.4 Å². The highest BCUT2D eigenvalue weighted by Gasteiger charge is 2.46.